The first-order chi connectivity index (χ1) is 8.10. The van der Waals surface area contributed by atoms with Crippen LogP contribution in [0, 0.1) is 0 Å². The fourth-order valence-electron chi connectivity index (χ4n) is 1.64. The molecular weight excluding hydrogens is 282 g/mol. The Labute approximate surface area is 111 Å². The van der Waals surface area contributed by atoms with Crippen LogP contribution in [0.25, 0.3) is 0 Å². The van der Waals surface area contributed by atoms with E-state index < -0.39 is 0 Å². The highest BCUT2D eigenvalue weighted by molar-refractivity contribution is 9.10. The Hall–Kier alpha value is -1.03. The first kappa shape index (κ1) is 14.0. The molecule has 4 heteroatoms. The molecule has 0 aromatic heterocycles. The molecule has 0 spiro atoms. The lowest BCUT2D eigenvalue weighted by atomic mass is 10.0. The second kappa shape index (κ2) is 6.64. The Kier molecular flexibility index (Phi) is 5.48. The summed E-state index contributed by atoms with van der Waals surface area (Å²) in [5.74, 6) is 0.796. The number of alkyl halides is 1. The third-order valence-electron chi connectivity index (χ3n) is 2.60. The van der Waals surface area contributed by atoms with E-state index in [-0.39, 0.29) is 16.8 Å². The van der Waals surface area contributed by atoms with E-state index in [1.54, 1.807) is 7.11 Å². The summed E-state index contributed by atoms with van der Waals surface area (Å²) in [7, 11) is 1.64. The molecule has 0 heterocycles. The van der Waals surface area contributed by atoms with Crippen LogP contribution in [0.2, 0.25) is 0 Å². The normalized spacial score (nSPS) is 13.9. The molecule has 0 bridgehead atoms. The fourth-order valence-corrected chi connectivity index (χ4v) is 1.77. The van der Waals surface area contributed by atoms with E-state index in [1.165, 1.54) is 0 Å². The van der Waals surface area contributed by atoms with E-state index in [0.29, 0.717) is 0 Å². The topological polar surface area (TPSA) is 38.3 Å². The number of nitrogens with one attached hydrogen (secondary N) is 1. The minimum Gasteiger partial charge on any atom is -0.496 e. The maximum Gasteiger partial charge on any atom is 0.233 e. The van der Waals surface area contributed by atoms with Crippen LogP contribution in [-0.2, 0) is 4.79 Å². The van der Waals surface area contributed by atoms with Crippen molar-refractivity contribution < 1.29 is 9.53 Å². The molecule has 0 radical (unpaired) electrons. The van der Waals surface area contributed by atoms with Crippen molar-refractivity contribution in [3.63, 3.8) is 0 Å². The molecule has 0 aliphatic carbocycles. The number of benzene rings is 1. The number of rotatable bonds is 5. The second-order valence-corrected chi connectivity index (χ2v) is 5.20. The summed E-state index contributed by atoms with van der Waals surface area (Å²) in [5, 5.41) is 2.99. The molecule has 0 saturated heterocycles. The Bertz CT molecular complexity index is 379. The van der Waals surface area contributed by atoms with Crippen LogP contribution in [0.15, 0.2) is 24.3 Å². The number of methoxy groups -OCH3 is 1. The number of para-hydroxylation sites is 1. The summed E-state index contributed by atoms with van der Waals surface area (Å²) in [4.78, 5) is 11.5. The van der Waals surface area contributed by atoms with Crippen molar-refractivity contribution in [2.24, 2.45) is 0 Å². The van der Waals surface area contributed by atoms with Gasteiger partial charge < -0.3 is 10.1 Å². The molecule has 1 aromatic rings. The van der Waals surface area contributed by atoms with E-state index in [1.807, 2.05) is 38.1 Å². The zero-order valence-corrected chi connectivity index (χ0v) is 12.0. The van der Waals surface area contributed by atoms with Crippen LogP contribution in [0.5, 0.6) is 5.75 Å². The highest BCUT2D eigenvalue weighted by atomic mass is 79.9. The van der Waals surface area contributed by atoms with Gasteiger partial charge in [-0.05, 0) is 19.4 Å². The number of amides is 1. The second-order valence-electron chi connectivity index (χ2n) is 3.83. The third kappa shape index (κ3) is 3.73. The first-order valence-electron chi connectivity index (χ1n) is 5.67. The van der Waals surface area contributed by atoms with Crippen LogP contribution in [0.4, 0.5) is 0 Å². The molecule has 1 aromatic carbocycles. The molecule has 1 N–H and O–H groups in total. The summed E-state index contributed by atoms with van der Waals surface area (Å²) in [6, 6.07) is 7.74. The van der Waals surface area contributed by atoms with Gasteiger partial charge in [-0.1, -0.05) is 41.1 Å². The molecule has 1 rings (SSSR count). The van der Waals surface area contributed by atoms with Gasteiger partial charge in [0.25, 0.3) is 0 Å². The van der Waals surface area contributed by atoms with Crippen molar-refractivity contribution in [3.05, 3.63) is 29.8 Å². The van der Waals surface area contributed by atoms with E-state index in [4.69, 9.17) is 4.74 Å². The summed E-state index contributed by atoms with van der Waals surface area (Å²) in [6.07, 6.45) is 0.825. The Balaban J connectivity index is 2.89. The SMILES string of the molecule is CCC(NC(=O)C(C)Br)c1ccccc1OC. The van der Waals surface area contributed by atoms with Gasteiger partial charge in [0.05, 0.1) is 18.0 Å². The van der Waals surface area contributed by atoms with E-state index >= 15 is 0 Å². The lowest BCUT2D eigenvalue weighted by Gasteiger charge is -2.20. The van der Waals surface area contributed by atoms with Crippen LogP contribution >= 0.6 is 15.9 Å². The molecule has 0 aliphatic rings. The Morgan fingerprint density at radius 1 is 1.47 bits per heavy atom. The van der Waals surface area contributed by atoms with Crippen LogP contribution in [0.3, 0.4) is 0 Å². The highest BCUT2D eigenvalue weighted by Crippen LogP contribution is 2.26. The molecule has 0 aliphatic heterocycles. The van der Waals surface area contributed by atoms with Crippen LogP contribution < -0.4 is 10.1 Å². The lowest BCUT2D eigenvalue weighted by Crippen LogP contribution is -2.33. The summed E-state index contributed by atoms with van der Waals surface area (Å²) < 4.78 is 5.31. The average molecular weight is 300 g/mol. The lowest BCUT2D eigenvalue weighted by molar-refractivity contribution is -0.120. The van der Waals surface area contributed by atoms with Crippen molar-refractivity contribution in [3.8, 4) is 5.75 Å². The predicted molar refractivity (Wildman–Crippen MR) is 72.6 cm³/mol. The van der Waals surface area contributed by atoms with E-state index in [9.17, 15) is 4.79 Å². The molecule has 1 amide bonds. The molecule has 2 unspecified atom stereocenters. The number of carbonyl (C=O) groups is 1. The smallest absolute Gasteiger partial charge is 0.233 e. The van der Waals surface area contributed by atoms with Crippen LogP contribution in [0.1, 0.15) is 31.9 Å². The van der Waals surface area contributed by atoms with E-state index in [0.717, 1.165) is 17.7 Å². The van der Waals surface area contributed by atoms with Crippen molar-refractivity contribution >= 4 is 21.8 Å². The van der Waals surface area contributed by atoms with Gasteiger partial charge in [0.2, 0.25) is 5.91 Å². The molecule has 2 atom stereocenters. The largest absolute Gasteiger partial charge is 0.496 e. The zero-order chi connectivity index (χ0) is 12.8. The number of halogens is 1. The maximum atomic E-state index is 11.7. The molecular formula is C13H18BrNO2. The van der Waals surface area contributed by atoms with Gasteiger partial charge in [-0.2, -0.15) is 0 Å². The van der Waals surface area contributed by atoms with Crippen molar-refractivity contribution in [1.82, 2.24) is 5.32 Å². The predicted octanol–water partition coefficient (Wildman–Crippen LogP) is 3.05. The first-order valence-corrected chi connectivity index (χ1v) is 6.59. The van der Waals surface area contributed by atoms with Gasteiger partial charge in [0.15, 0.2) is 0 Å². The molecule has 3 nitrogen and oxygen atoms in total. The third-order valence-corrected chi connectivity index (χ3v) is 3.02. The Morgan fingerprint density at radius 2 is 2.12 bits per heavy atom. The monoisotopic (exact) mass is 299 g/mol. The summed E-state index contributed by atoms with van der Waals surface area (Å²) in [6.45, 7) is 3.85. The van der Waals surface area contributed by atoms with E-state index in [2.05, 4.69) is 21.2 Å². The quantitative estimate of drug-likeness (QED) is 0.849. The molecule has 0 fully saturated rings. The Morgan fingerprint density at radius 3 is 2.65 bits per heavy atom. The standard InChI is InChI=1S/C13H18BrNO2/c1-4-11(15-13(16)9(2)14)10-7-5-6-8-12(10)17-3/h5-9,11H,4H2,1-3H3,(H,15,16). The molecule has 94 valence electrons. The van der Waals surface area contributed by atoms with Gasteiger partial charge in [0, 0.05) is 5.56 Å². The van der Waals surface area contributed by atoms with Gasteiger partial charge in [-0.15, -0.1) is 0 Å². The minimum atomic E-state index is -0.189. The molecule has 0 saturated carbocycles. The van der Waals surface area contributed by atoms with Crippen molar-refractivity contribution in [2.45, 2.75) is 31.1 Å². The van der Waals surface area contributed by atoms with Crippen molar-refractivity contribution in [2.75, 3.05) is 7.11 Å². The van der Waals surface area contributed by atoms with Crippen molar-refractivity contribution in [1.29, 1.82) is 0 Å². The number of hydrogen-bond donors (Lipinski definition) is 1. The maximum absolute atomic E-state index is 11.7. The average Bonchev–Trinajstić information content (AvgIpc) is 2.35. The summed E-state index contributed by atoms with van der Waals surface area (Å²) >= 11 is 3.26. The van der Waals surface area contributed by atoms with Crippen LogP contribution in [-0.4, -0.2) is 17.8 Å². The molecule has 17 heavy (non-hydrogen) atoms. The van der Waals surface area contributed by atoms with Gasteiger partial charge in [-0.3, -0.25) is 4.79 Å². The van der Waals surface area contributed by atoms with Gasteiger partial charge in [-0.25, -0.2) is 0 Å². The number of ether oxygens (including phenoxy) is 1. The number of hydrogen-bond acceptors (Lipinski definition) is 2. The van der Waals surface area contributed by atoms with Gasteiger partial charge in [0.1, 0.15) is 5.75 Å². The highest BCUT2D eigenvalue weighted by Gasteiger charge is 2.18. The summed E-state index contributed by atoms with van der Waals surface area (Å²) in [5.41, 5.74) is 1.01. The van der Waals surface area contributed by atoms with Gasteiger partial charge >= 0.3 is 0 Å². The zero-order valence-electron chi connectivity index (χ0n) is 10.4. The minimum absolute atomic E-state index is 0.0113. The fraction of sp³-hybridized carbons (Fsp3) is 0.462. The number of carbonyl (C=O) groups excluding carboxylic acids is 1.